The van der Waals surface area contributed by atoms with Crippen LogP contribution in [0.1, 0.15) is 73.1 Å². The Morgan fingerprint density at radius 3 is 1.47 bits per heavy atom. The van der Waals surface area contributed by atoms with Gasteiger partial charge in [-0.15, -0.1) is 0 Å². The minimum absolute atomic E-state index is 0.0246. The minimum atomic E-state index is -1.72. The molecule has 0 bridgehead atoms. The topological polar surface area (TPSA) is 445 Å². The van der Waals surface area contributed by atoms with Gasteiger partial charge in [-0.3, -0.25) is 48.3 Å². The summed E-state index contributed by atoms with van der Waals surface area (Å²) in [7, 11) is 0. The monoisotopic (exact) mass is 1020 g/mol. The number of aliphatic carboxylic acids is 1. The molecule has 0 unspecified atom stereocenters. The molecule has 0 saturated heterocycles. The zero-order chi connectivity index (χ0) is 52.3. The summed E-state index contributed by atoms with van der Waals surface area (Å²) < 4.78 is 0. The summed E-state index contributed by atoms with van der Waals surface area (Å²) in [4.78, 5) is 126. The Balaban J connectivity index is 6.08. The number of guanidine groups is 2. The fourth-order valence-electron chi connectivity index (χ4n) is 5.92. The second-order valence-corrected chi connectivity index (χ2v) is 17.3. The van der Waals surface area contributed by atoms with E-state index in [4.69, 9.17) is 28.7 Å². The van der Waals surface area contributed by atoms with Crippen LogP contribution in [0, 0.1) is 11.8 Å². The fourth-order valence-corrected chi connectivity index (χ4v) is 6.68. The molecule has 68 heavy (non-hydrogen) atoms. The summed E-state index contributed by atoms with van der Waals surface area (Å²) >= 11 is 12.3. The van der Waals surface area contributed by atoms with Gasteiger partial charge in [0.15, 0.2) is 11.9 Å². The largest absolute Gasteiger partial charge is 0.480 e. The molecule has 0 radical (unpaired) electrons. The Morgan fingerprint density at radius 2 is 1.00 bits per heavy atom. The van der Waals surface area contributed by atoms with Crippen LogP contribution < -0.4 is 71.2 Å². The molecule has 0 fully saturated rings. The number of carboxylic acids is 1. The Morgan fingerprint density at radius 1 is 0.559 bits per heavy atom. The summed E-state index contributed by atoms with van der Waals surface area (Å²) in [5.74, 6) is -9.78. The van der Waals surface area contributed by atoms with Gasteiger partial charge in [0.25, 0.3) is 0 Å². The number of hydrogen-bond donors (Lipinski definition) is 18. The van der Waals surface area contributed by atoms with Crippen LogP contribution in [0.5, 0.6) is 0 Å². The Bertz CT molecular complexity index is 1750. The van der Waals surface area contributed by atoms with Crippen molar-refractivity contribution in [3.63, 3.8) is 0 Å². The summed E-state index contributed by atoms with van der Waals surface area (Å²) in [6, 6.07) is -10.5. The smallest absolute Gasteiger partial charge is 0.327 e. The fraction of sp³-hybridized carbons (Fsp3) is 0.718. The Hall–Kier alpha value is -5.26. The van der Waals surface area contributed by atoms with E-state index in [-0.39, 0.29) is 73.9 Å². The number of carbonyl (C=O) groups is 9. The highest BCUT2D eigenvalue weighted by Crippen LogP contribution is 2.10. The van der Waals surface area contributed by atoms with Crippen molar-refractivity contribution in [2.24, 2.45) is 50.5 Å². The number of nitrogens with two attached hydrogens (primary N) is 5. The van der Waals surface area contributed by atoms with Crippen molar-refractivity contribution in [1.29, 1.82) is 0 Å². The third kappa shape index (κ3) is 24.7. The van der Waals surface area contributed by atoms with Crippen molar-refractivity contribution in [2.45, 2.75) is 128 Å². The number of aliphatic imine (C=N–C) groups is 2. The molecule has 8 amide bonds. The van der Waals surface area contributed by atoms with E-state index in [2.05, 4.69) is 90.4 Å². The molecular formula is C39H73N15O11S3. The Labute approximate surface area is 412 Å². The number of amides is 8. The van der Waals surface area contributed by atoms with Crippen molar-refractivity contribution in [1.82, 2.24) is 42.5 Å². The molecule has 0 aromatic carbocycles. The maximum Gasteiger partial charge on any atom is 0.327 e. The van der Waals surface area contributed by atoms with Gasteiger partial charge in [0, 0.05) is 30.3 Å². The molecule has 0 aromatic rings. The van der Waals surface area contributed by atoms with Crippen LogP contribution in [0.15, 0.2) is 9.98 Å². The van der Waals surface area contributed by atoms with Crippen molar-refractivity contribution in [3.05, 3.63) is 0 Å². The van der Waals surface area contributed by atoms with Crippen LogP contribution in [0.3, 0.4) is 0 Å². The van der Waals surface area contributed by atoms with E-state index in [9.17, 15) is 53.4 Å². The molecule has 0 spiro atoms. The van der Waals surface area contributed by atoms with Gasteiger partial charge in [0.1, 0.15) is 42.3 Å². The number of carboxylic acid groups (broad SMARTS) is 1. The number of thiol groups is 3. The number of rotatable bonds is 33. The quantitative estimate of drug-likeness (QED) is 0.0126. The lowest BCUT2D eigenvalue weighted by Crippen LogP contribution is -2.62. The first-order valence-electron chi connectivity index (χ1n) is 21.8. The Kier molecular flexibility index (Phi) is 30.7. The number of carbonyl (C=O) groups excluding carboxylic acids is 8. The molecule has 0 aliphatic rings. The molecule has 388 valence electrons. The number of aliphatic hydroxyl groups excluding tert-OH is 1. The van der Waals surface area contributed by atoms with E-state index in [1.165, 1.54) is 6.92 Å². The van der Waals surface area contributed by atoms with Gasteiger partial charge in [-0.2, -0.15) is 37.9 Å². The van der Waals surface area contributed by atoms with Crippen LogP contribution in [0.2, 0.25) is 0 Å². The van der Waals surface area contributed by atoms with E-state index in [1.54, 1.807) is 27.7 Å². The van der Waals surface area contributed by atoms with E-state index >= 15 is 0 Å². The summed E-state index contributed by atoms with van der Waals surface area (Å²) in [6.45, 7) is 7.71. The average Bonchev–Trinajstić information content (AvgIpc) is 3.27. The minimum Gasteiger partial charge on any atom is -0.480 e. The van der Waals surface area contributed by atoms with Gasteiger partial charge >= 0.3 is 5.97 Å². The lowest BCUT2D eigenvalue weighted by Gasteiger charge is -2.28. The van der Waals surface area contributed by atoms with Crippen LogP contribution >= 0.6 is 37.9 Å². The molecule has 29 heteroatoms. The van der Waals surface area contributed by atoms with E-state index < -0.39 is 120 Å². The predicted molar refractivity (Wildman–Crippen MR) is 264 cm³/mol. The number of nitrogens with zero attached hydrogens (tertiary/aromatic N) is 2. The predicted octanol–water partition coefficient (Wildman–Crippen LogP) is -5.72. The lowest BCUT2D eigenvalue weighted by molar-refractivity contribution is -0.141. The highest BCUT2D eigenvalue weighted by molar-refractivity contribution is 7.80. The van der Waals surface area contributed by atoms with Crippen LogP contribution in [-0.2, 0) is 43.2 Å². The maximum atomic E-state index is 13.7. The molecule has 0 aliphatic carbocycles. The molecule has 20 N–H and O–H groups in total. The van der Waals surface area contributed by atoms with E-state index in [0.29, 0.717) is 12.8 Å². The molecule has 0 heterocycles. The van der Waals surface area contributed by atoms with Gasteiger partial charge < -0.3 is 81.4 Å². The normalized spacial score (nSPS) is 15.4. The van der Waals surface area contributed by atoms with Crippen molar-refractivity contribution in [2.75, 3.05) is 36.9 Å². The summed E-state index contributed by atoms with van der Waals surface area (Å²) in [6.07, 6.45) is -0.492. The van der Waals surface area contributed by atoms with Crippen molar-refractivity contribution < 1.29 is 53.4 Å². The highest BCUT2D eigenvalue weighted by Gasteiger charge is 2.35. The second kappa shape index (κ2) is 33.3. The number of nitrogens with one attached hydrogen (secondary N) is 8. The SMILES string of the molecule is CC[C@H](C)[C@H](NC(=O)CNC(=O)[C@H](CCCN=C(N)N)NC(=O)[C@@H](NC(=O)[C@H](CS)NC(=O)[C@H](CC(C)C)NC(=O)[C@H](CS)NC(=O)[C@@H](N)CCCN=C(N)N)[C@@H](C)O)C(=O)N[C@@H](CS)C(=O)O. The molecule has 0 aliphatic heterocycles. The molecule has 0 saturated carbocycles. The van der Waals surface area contributed by atoms with Crippen LogP contribution in [0.25, 0.3) is 0 Å². The number of aliphatic hydroxyl groups is 1. The third-order valence-corrected chi connectivity index (χ3v) is 11.0. The van der Waals surface area contributed by atoms with Gasteiger partial charge in [0.05, 0.1) is 18.7 Å². The van der Waals surface area contributed by atoms with E-state index in [1.807, 2.05) is 0 Å². The maximum absolute atomic E-state index is 13.7. The highest BCUT2D eigenvalue weighted by atomic mass is 32.1. The van der Waals surface area contributed by atoms with Gasteiger partial charge in [-0.1, -0.05) is 34.1 Å². The third-order valence-electron chi connectivity index (χ3n) is 9.95. The van der Waals surface area contributed by atoms with Gasteiger partial charge in [0.2, 0.25) is 47.3 Å². The zero-order valence-electron chi connectivity index (χ0n) is 39.0. The lowest BCUT2D eigenvalue weighted by atomic mass is 9.98. The first kappa shape index (κ1) is 62.7. The summed E-state index contributed by atoms with van der Waals surface area (Å²) in [5.41, 5.74) is 27.4. The second-order valence-electron chi connectivity index (χ2n) is 16.2. The zero-order valence-corrected chi connectivity index (χ0v) is 41.7. The van der Waals surface area contributed by atoms with Crippen LogP contribution in [0.4, 0.5) is 0 Å². The molecule has 10 atom stereocenters. The number of hydrogen-bond acceptors (Lipinski definition) is 16. The molecule has 26 nitrogen and oxygen atoms in total. The van der Waals surface area contributed by atoms with Gasteiger partial charge in [-0.25, -0.2) is 4.79 Å². The first-order valence-corrected chi connectivity index (χ1v) is 23.7. The molecular weight excluding hydrogens is 951 g/mol. The average molecular weight is 1020 g/mol. The molecule has 0 aromatic heterocycles. The standard InChI is InChI=1S/C39H73N15O11S3/c1-6-19(4)28(35(62)52-26(17-68)37(64)65)53-27(56)14-47-31(58)22(10-8-12-46-39(43)44)48-36(63)29(20(5)55)54-34(61)25(16-67)51-32(59)23(13-18(2)3)49-33(60)24(15-66)50-30(57)21(40)9-7-11-45-38(41)42/h18-26,28-29,55,66-68H,6-17,40H2,1-5H3,(H,47,58)(H,48,63)(H,49,60)(H,50,57)(H,51,59)(H,52,62)(H,53,56)(H,54,61)(H,64,65)(H4,41,42,45)(H4,43,44,46)/t19-,20+,21-,22-,23-,24-,25-,26-,28-,29-/m0/s1. The first-order chi connectivity index (χ1) is 31.8. The van der Waals surface area contributed by atoms with Crippen LogP contribution in [-0.4, -0.2) is 167 Å². The van der Waals surface area contributed by atoms with E-state index in [0.717, 1.165) is 0 Å². The van der Waals surface area contributed by atoms with Crippen molar-refractivity contribution >= 4 is 103 Å². The van der Waals surface area contributed by atoms with Crippen molar-refractivity contribution in [3.8, 4) is 0 Å². The van der Waals surface area contributed by atoms with Gasteiger partial charge in [-0.05, 0) is 50.9 Å². The molecule has 0 rings (SSSR count). The summed E-state index contributed by atoms with van der Waals surface area (Å²) in [5, 5.41) is 39.5.